The van der Waals surface area contributed by atoms with E-state index in [1.807, 2.05) is 0 Å². The Morgan fingerprint density at radius 1 is 0.966 bits per heavy atom. The number of aromatic nitrogens is 4. The maximum atomic E-state index is 15.6. The highest BCUT2D eigenvalue weighted by atomic mass is 35.5. The van der Waals surface area contributed by atoms with Gasteiger partial charge in [-0.15, -0.1) is 10.2 Å². The van der Waals surface area contributed by atoms with Crippen molar-refractivity contribution in [3.63, 3.8) is 0 Å². The zero-order chi connectivity index (χ0) is 20.6. The number of hydrogen-bond donors (Lipinski definition) is 0. The van der Waals surface area contributed by atoms with Crippen molar-refractivity contribution in [2.45, 2.75) is 18.4 Å². The zero-order valence-corrected chi connectivity index (χ0v) is 15.5. The minimum atomic E-state index is -3.57. The molecule has 4 rings (SSSR count). The van der Waals surface area contributed by atoms with Gasteiger partial charge in [-0.3, -0.25) is 0 Å². The van der Waals surface area contributed by atoms with E-state index in [0.717, 1.165) is 12.1 Å². The molecule has 0 aliphatic carbocycles. The van der Waals surface area contributed by atoms with E-state index in [4.69, 9.17) is 11.6 Å². The highest BCUT2D eigenvalue weighted by molar-refractivity contribution is 6.31. The largest absolute Gasteiger partial charge is 0.319 e. The summed E-state index contributed by atoms with van der Waals surface area (Å²) in [5, 5.41) is 8.24. The van der Waals surface area contributed by atoms with Crippen LogP contribution in [-0.2, 0) is 12.5 Å². The van der Waals surface area contributed by atoms with Gasteiger partial charge in [0.15, 0.2) is 0 Å². The predicted octanol–water partition coefficient (Wildman–Crippen LogP) is 5.33. The molecule has 2 aromatic carbocycles. The lowest BCUT2D eigenvalue weighted by molar-refractivity contribution is -0.0442. The van der Waals surface area contributed by atoms with E-state index < -0.39 is 29.2 Å². The van der Waals surface area contributed by atoms with Crippen LogP contribution in [0.3, 0.4) is 0 Å². The van der Waals surface area contributed by atoms with Gasteiger partial charge in [0.1, 0.15) is 30.0 Å². The Bertz CT molecular complexity index is 1160. The number of fused-ring (bicyclic) bond motifs is 1. The summed E-state index contributed by atoms with van der Waals surface area (Å²) in [4.78, 5) is 4.07. The fourth-order valence-electron chi connectivity index (χ4n) is 3.18. The minimum absolute atomic E-state index is 0.328. The second-order valence-corrected chi connectivity index (χ2v) is 6.97. The van der Waals surface area contributed by atoms with Gasteiger partial charge in [0.25, 0.3) is 5.92 Å². The van der Waals surface area contributed by atoms with Crippen molar-refractivity contribution in [3.05, 3.63) is 89.1 Å². The van der Waals surface area contributed by atoms with Gasteiger partial charge in [0.05, 0.1) is 11.4 Å². The summed E-state index contributed by atoms with van der Waals surface area (Å²) in [7, 11) is 0. The molecule has 1 atom stereocenters. The van der Waals surface area contributed by atoms with Crippen LogP contribution in [0.1, 0.15) is 17.2 Å². The molecule has 29 heavy (non-hydrogen) atoms. The first-order valence-electron chi connectivity index (χ1n) is 8.56. The van der Waals surface area contributed by atoms with Crippen molar-refractivity contribution in [2.75, 3.05) is 0 Å². The first-order valence-corrected chi connectivity index (χ1v) is 8.94. The molecule has 0 amide bonds. The van der Waals surface area contributed by atoms with Gasteiger partial charge in [-0.05, 0) is 35.9 Å². The second kappa shape index (κ2) is 7.44. The molecule has 2 heterocycles. The van der Waals surface area contributed by atoms with Gasteiger partial charge in [0.2, 0.25) is 0 Å². The van der Waals surface area contributed by atoms with E-state index in [2.05, 4.69) is 15.2 Å². The number of halogens is 5. The van der Waals surface area contributed by atoms with Crippen LogP contribution in [0.4, 0.5) is 17.6 Å². The lowest BCUT2D eigenvalue weighted by Gasteiger charge is -2.27. The van der Waals surface area contributed by atoms with Crippen molar-refractivity contribution in [1.82, 2.24) is 19.7 Å². The van der Waals surface area contributed by atoms with Crippen molar-refractivity contribution in [1.29, 1.82) is 0 Å². The standard InChI is InChI=1S/C20H13ClF4N4/c21-13-2-5-18-12(7-13)1-6-19(28-18)20(24,25)16(9-29-10-26-27-11-29)15-4-3-14(22)8-17(15)23/h1-8,10-11,16H,9H2. The average Bonchev–Trinajstić information content (AvgIpc) is 3.19. The average molecular weight is 421 g/mol. The van der Waals surface area contributed by atoms with Crippen molar-refractivity contribution >= 4 is 22.5 Å². The summed E-state index contributed by atoms with van der Waals surface area (Å²) in [5.74, 6) is -7.15. The van der Waals surface area contributed by atoms with Crippen LogP contribution in [0.15, 0.2) is 61.2 Å². The van der Waals surface area contributed by atoms with Crippen LogP contribution in [-0.4, -0.2) is 19.7 Å². The van der Waals surface area contributed by atoms with E-state index >= 15 is 8.78 Å². The molecular formula is C20H13ClF4N4. The molecule has 0 fully saturated rings. The molecule has 9 heteroatoms. The van der Waals surface area contributed by atoms with Crippen molar-refractivity contribution in [3.8, 4) is 0 Å². The molecule has 2 aromatic heterocycles. The number of benzene rings is 2. The van der Waals surface area contributed by atoms with Crippen LogP contribution in [0, 0.1) is 11.6 Å². The van der Waals surface area contributed by atoms with E-state index in [1.54, 1.807) is 12.1 Å². The molecule has 0 saturated heterocycles. The first kappa shape index (κ1) is 19.3. The fourth-order valence-corrected chi connectivity index (χ4v) is 3.36. The van der Waals surface area contributed by atoms with Crippen LogP contribution in [0.25, 0.3) is 10.9 Å². The van der Waals surface area contributed by atoms with E-state index in [0.29, 0.717) is 22.0 Å². The number of hydrogen-bond acceptors (Lipinski definition) is 3. The van der Waals surface area contributed by atoms with Crippen molar-refractivity contribution in [2.24, 2.45) is 0 Å². The summed E-state index contributed by atoms with van der Waals surface area (Å²) < 4.78 is 60.2. The molecule has 0 spiro atoms. The number of nitrogens with zero attached hydrogens (tertiary/aromatic N) is 4. The topological polar surface area (TPSA) is 43.6 Å². The normalized spacial score (nSPS) is 13.0. The number of pyridine rings is 1. The smallest absolute Gasteiger partial charge is 0.298 e. The van der Waals surface area contributed by atoms with Gasteiger partial charge >= 0.3 is 0 Å². The highest BCUT2D eigenvalue weighted by Crippen LogP contribution is 2.43. The summed E-state index contributed by atoms with van der Waals surface area (Å²) in [6.45, 7) is -0.330. The third kappa shape index (κ3) is 3.80. The Labute approximate surface area is 167 Å². The molecular weight excluding hydrogens is 408 g/mol. The molecule has 0 aliphatic rings. The Kier molecular flexibility index (Phi) is 4.96. The summed E-state index contributed by atoms with van der Waals surface area (Å²) >= 11 is 5.93. The maximum absolute atomic E-state index is 15.6. The van der Waals surface area contributed by atoms with Crippen LogP contribution < -0.4 is 0 Å². The third-order valence-corrected chi connectivity index (χ3v) is 4.86. The monoisotopic (exact) mass is 420 g/mol. The third-order valence-electron chi connectivity index (χ3n) is 4.63. The van der Waals surface area contributed by atoms with E-state index in [-0.39, 0.29) is 12.1 Å². The van der Waals surface area contributed by atoms with Crippen molar-refractivity contribution < 1.29 is 17.6 Å². The molecule has 4 aromatic rings. The zero-order valence-electron chi connectivity index (χ0n) is 14.7. The highest BCUT2D eigenvalue weighted by Gasteiger charge is 2.45. The van der Waals surface area contributed by atoms with E-state index in [1.165, 1.54) is 35.4 Å². The summed E-state index contributed by atoms with van der Waals surface area (Å²) in [6.07, 6.45) is 2.50. The van der Waals surface area contributed by atoms with Crippen LogP contribution >= 0.6 is 11.6 Å². The molecule has 0 N–H and O–H groups in total. The predicted molar refractivity (Wildman–Crippen MR) is 99.8 cm³/mol. The van der Waals surface area contributed by atoms with E-state index in [9.17, 15) is 8.78 Å². The molecule has 0 saturated carbocycles. The lowest BCUT2D eigenvalue weighted by Crippen LogP contribution is -2.29. The second-order valence-electron chi connectivity index (χ2n) is 6.53. The molecule has 148 valence electrons. The molecule has 0 bridgehead atoms. The Hall–Kier alpha value is -3.00. The van der Waals surface area contributed by atoms with Crippen LogP contribution in [0.5, 0.6) is 0 Å². The Balaban J connectivity index is 1.82. The molecule has 1 unspecified atom stereocenters. The maximum Gasteiger partial charge on any atom is 0.298 e. The first-order chi connectivity index (χ1) is 13.8. The number of alkyl halides is 2. The number of rotatable bonds is 5. The quantitative estimate of drug-likeness (QED) is 0.410. The van der Waals surface area contributed by atoms with Gasteiger partial charge < -0.3 is 4.57 Å². The van der Waals surface area contributed by atoms with Gasteiger partial charge in [-0.25, -0.2) is 13.8 Å². The fraction of sp³-hybridized carbons (Fsp3) is 0.150. The Morgan fingerprint density at radius 2 is 1.72 bits per heavy atom. The summed E-state index contributed by atoms with van der Waals surface area (Å²) in [6, 6.07) is 9.91. The SMILES string of the molecule is Fc1ccc(C(Cn2cnnc2)C(F)(F)c2ccc3cc(Cl)ccc3n2)c(F)c1. The lowest BCUT2D eigenvalue weighted by atomic mass is 9.89. The van der Waals surface area contributed by atoms with Gasteiger partial charge in [-0.2, -0.15) is 8.78 Å². The van der Waals surface area contributed by atoms with Crippen LogP contribution in [0.2, 0.25) is 5.02 Å². The molecule has 0 radical (unpaired) electrons. The molecule has 0 aliphatic heterocycles. The van der Waals surface area contributed by atoms with Gasteiger partial charge in [0, 0.05) is 23.0 Å². The summed E-state index contributed by atoms with van der Waals surface area (Å²) in [5.41, 5.74) is -0.536. The van der Waals surface area contributed by atoms with Gasteiger partial charge in [-0.1, -0.05) is 23.7 Å². The molecule has 4 nitrogen and oxygen atoms in total. The minimum Gasteiger partial charge on any atom is -0.319 e. The Morgan fingerprint density at radius 3 is 2.45 bits per heavy atom.